The Bertz CT molecular complexity index is 1610. The van der Waals surface area contributed by atoms with Gasteiger partial charge < -0.3 is 29.9 Å². The van der Waals surface area contributed by atoms with Crippen LogP contribution in [0, 0.1) is 11.3 Å². The van der Waals surface area contributed by atoms with Gasteiger partial charge in [-0.1, -0.05) is 30.8 Å². The Kier molecular flexibility index (Phi) is 9.71. The third-order valence-electron chi connectivity index (χ3n) is 6.35. The molecule has 0 atom stereocenters. The van der Waals surface area contributed by atoms with Crippen LogP contribution >= 0.6 is 0 Å². The quantitative estimate of drug-likeness (QED) is 0.210. The van der Waals surface area contributed by atoms with E-state index in [0.717, 1.165) is 24.3 Å². The summed E-state index contributed by atoms with van der Waals surface area (Å²) in [7, 11) is 7.55. The topological polar surface area (TPSA) is 116 Å². The van der Waals surface area contributed by atoms with E-state index in [1.54, 1.807) is 43.6 Å². The highest BCUT2D eigenvalue weighted by Gasteiger charge is 2.17. The summed E-state index contributed by atoms with van der Waals surface area (Å²) in [5.74, 6) is 1.52. The van der Waals surface area contributed by atoms with Gasteiger partial charge in [0, 0.05) is 38.0 Å². The number of para-hydroxylation sites is 2. The van der Waals surface area contributed by atoms with E-state index in [4.69, 9.17) is 14.5 Å². The number of nitrogens with one attached hydrogen (secondary N) is 2. The molecule has 0 unspecified atom stereocenters. The van der Waals surface area contributed by atoms with Gasteiger partial charge >= 0.3 is 0 Å². The highest BCUT2D eigenvalue weighted by molar-refractivity contribution is 6.02. The first-order chi connectivity index (χ1) is 20.3. The minimum absolute atomic E-state index is 0.313. The number of benzene rings is 3. The number of methoxy groups -OCH3 is 1. The fourth-order valence-electron chi connectivity index (χ4n) is 4.13. The second-order valence-electron chi connectivity index (χ2n) is 9.58. The largest absolute Gasteiger partial charge is 0.494 e. The van der Waals surface area contributed by atoms with Crippen molar-refractivity contribution in [1.82, 2.24) is 14.9 Å². The summed E-state index contributed by atoms with van der Waals surface area (Å²) in [5, 5.41) is 15.6. The van der Waals surface area contributed by atoms with E-state index in [2.05, 4.69) is 33.2 Å². The van der Waals surface area contributed by atoms with Gasteiger partial charge in [0.05, 0.1) is 35.4 Å². The second kappa shape index (κ2) is 13.8. The number of amides is 1. The Balaban J connectivity index is 1.68. The Hall–Kier alpha value is -5.40. The molecule has 3 aromatic carbocycles. The van der Waals surface area contributed by atoms with Crippen molar-refractivity contribution in [2.45, 2.75) is 0 Å². The summed E-state index contributed by atoms with van der Waals surface area (Å²) in [5.41, 5.74) is 3.69. The number of carbonyl (C=O) groups is 1. The molecule has 0 radical (unpaired) electrons. The summed E-state index contributed by atoms with van der Waals surface area (Å²) < 4.78 is 11.8. The molecule has 1 aromatic heterocycles. The van der Waals surface area contributed by atoms with Gasteiger partial charge in [-0.15, -0.1) is 0 Å². The normalized spacial score (nSPS) is 10.5. The molecule has 1 amide bonds. The standard InChI is InChI=1S/C32H33N7O3/c1-6-31(40)35-25-19-26(30(41-5)20-27(25)39(4)18-17-38(2)3)37-32-34-16-15-24(36-32)23-12-8-10-14-29(23)42-28-13-9-7-11-22(28)21-33/h6-16,19-20H,1,17-18H2,2-5H3,(H,35,40)(H,34,36,37). The van der Waals surface area contributed by atoms with Crippen molar-refractivity contribution in [1.29, 1.82) is 5.26 Å². The van der Waals surface area contributed by atoms with Crippen LogP contribution in [0.25, 0.3) is 11.3 Å². The van der Waals surface area contributed by atoms with E-state index in [1.165, 1.54) is 6.08 Å². The molecule has 0 fully saturated rings. The second-order valence-corrected chi connectivity index (χ2v) is 9.58. The van der Waals surface area contributed by atoms with Crippen LogP contribution in [-0.4, -0.2) is 62.1 Å². The minimum Gasteiger partial charge on any atom is -0.494 e. The first-order valence-electron chi connectivity index (χ1n) is 13.2. The zero-order chi connectivity index (χ0) is 30.1. The molecular weight excluding hydrogens is 530 g/mol. The number of ether oxygens (including phenoxy) is 2. The predicted molar refractivity (Wildman–Crippen MR) is 166 cm³/mol. The summed E-state index contributed by atoms with van der Waals surface area (Å²) in [6, 6.07) is 22.1. The summed E-state index contributed by atoms with van der Waals surface area (Å²) in [4.78, 5) is 25.6. The number of hydrogen-bond donors (Lipinski definition) is 2. The fourth-order valence-corrected chi connectivity index (χ4v) is 4.13. The number of aromatic nitrogens is 2. The average molecular weight is 564 g/mol. The molecule has 0 saturated carbocycles. The zero-order valence-corrected chi connectivity index (χ0v) is 24.1. The third-order valence-corrected chi connectivity index (χ3v) is 6.35. The highest BCUT2D eigenvalue weighted by Crippen LogP contribution is 2.38. The molecule has 0 aliphatic rings. The van der Waals surface area contributed by atoms with Crippen LogP contribution in [0.4, 0.5) is 23.0 Å². The van der Waals surface area contributed by atoms with Gasteiger partial charge in [-0.3, -0.25) is 4.79 Å². The maximum Gasteiger partial charge on any atom is 0.247 e. The Morgan fingerprint density at radius 1 is 1.00 bits per heavy atom. The molecule has 0 aliphatic carbocycles. The van der Waals surface area contributed by atoms with Gasteiger partial charge in [-0.25, -0.2) is 9.97 Å². The van der Waals surface area contributed by atoms with E-state index in [1.807, 2.05) is 62.4 Å². The Morgan fingerprint density at radius 2 is 1.74 bits per heavy atom. The van der Waals surface area contributed by atoms with Crippen LogP contribution in [0.3, 0.4) is 0 Å². The number of likely N-dealkylation sites (N-methyl/N-ethyl adjacent to an activating group) is 2. The van der Waals surface area contributed by atoms with Crippen LogP contribution in [0.1, 0.15) is 5.56 Å². The molecule has 0 saturated heterocycles. The zero-order valence-electron chi connectivity index (χ0n) is 24.1. The molecule has 1 heterocycles. The van der Waals surface area contributed by atoms with Crippen molar-refractivity contribution in [2.24, 2.45) is 0 Å². The van der Waals surface area contributed by atoms with Gasteiger partial charge in [0.1, 0.15) is 23.3 Å². The van der Waals surface area contributed by atoms with E-state index >= 15 is 0 Å². The van der Waals surface area contributed by atoms with Crippen LogP contribution < -0.4 is 25.0 Å². The molecule has 0 spiro atoms. The van der Waals surface area contributed by atoms with E-state index in [-0.39, 0.29) is 5.91 Å². The Labute approximate surface area is 245 Å². The van der Waals surface area contributed by atoms with Gasteiger partial charge in [0.25, 0.3) is 0 Å². The van der Waals surface area contributed by atoms with Gasteiger partial charge in [-0.2, -0.15) is 5.26 Å². The lowest BCUT2D eigenvalue weighted by atomic mass is 10.1. The lowest BCUT2D eigenvalue weighted by Crippen LogP contribution is -2.29. The van der Waals surface area contributed by atoms with Crippen LogP contribution in [0.5, 0.6) is 17.2 Å². The summed E-state index contributed by atoms with van der Waals surface area (Å²) >= 11 is 0. The van der Waals surface area contributed by atoms with Crippen molar-refractivity contribution in [3.05, 3.63) is 91.1 Å². The van der Waals surface area contributed by atoms with Gasteiger partial charge in [0.15, 0.2) is 0 Å². The van der Waals surface area contributed by atoms with E-state index < -0.39 is 0 Å². The first-order valence-corrected chi connectivity index (χ1v) is 13.2. The molecule has 4 rings (SSSR count). The number of anilines is 4. The maximum absolute atomic E-state index is 12.3. The fraction of sp³-hybridized carbons (Fsp3) is 0.188. The average Bonchev–Trinajstić information content (AvgIpc) is 3.00. The van der Waals surface area contributed by atoms with E-state index in [9.17, 15) is 10.1 Å². The SMILES string of the molecule is C=CC(=O)Nc1cc(Nc2nccc(-c3ccccc3Oc3ccccc3C#N)n2)c(OC)cc1N(C)CCN(C)C. The van der Waals surface area contributed by atoms with Crippen LogP contribution in [0.15, 0.2) is 85.6 Å². The molecule has 0 aliphatic heterocycles. The van der Waals surface area contributed by atoms with Crippen LogP contribution in [0.2, 0.25) is 0 Å². The lowest BCUT2D eigenvalue weighted by molar-refractivity contribution is -0.111. The van der Waals surface area contributed by atoms with Crippen LogP contribution in [-0.2, 0) is 4.79 Å². The van der Waals surface area contributed by atoms with Gasteiger partial charge in [0.2, 0.25) is 11.9 Å². The summed E-state index contributed by atoms with van der Waals surface area (Å²) in [6.07, 6.45) is 2.86. The predicted octanol–water partition coefficient (Wildman–Crippen LogP) is 5.68. The number of nitrogens with zero attached hydrogens (tertiary/aromatic N) is 5. The number of hydrogen-bond acceptors (Lipinski definition) is 9. The number of rotatable bonds is 12. The van der Waals surface area contributed by atoms with Crippen molar-refractivity contribution >= 4 is 28.9 Å². The molecule has 0 bridgehead atoms. The lowest BCUT2D eigenvalue weighted by Gasteiger charge is -2.26. The minimum atomic E-state index is -0.332. The Morgan fingerprint density at radius 3 is 2.45 bits per heavy atom. The smallest absolute Gasteiger partial charge is 0.247 e. The first kappa shape index (κ1) is 29.6. The molecule has 2 N–H and O–H groups in total. The number of nitriles is 1. The number of carbonyl (C=O) groups excluding carboxylic acids is 1. The highest BCUT2D eigenvalue weighted by atomic mass is 16.5. The van der Waals surface area contributed by atoms with Crippen molar-refractivity contribution < 1.29 is 14.3 Å². The van der Waals surface area contributed by atoms with Crippen molar-refractivity contribution in [3.8, 4) is 34.6 Å². The van der Waals surface area contributed by atoms with Crippen molar-refractivity contribution in [3.63, 3.8) is 0 Å². The molecule has 10 heteroatoms. The van der Waals surface area contributed by atoms with Crippen molar-refractivity contribution in [2.75, 3.05) is 56.9 Å². The third kappa shape index (κ3) is 7.21. The van der Waals surface area contributed by atoms with Gasteiger partial charge in [-0.05, 0) is 56.6 Å². The molecule has 214 valence electrons. The molecule has 10 nitrogen and oxygen atoms in total. The molecule has 42 heavy (non-hydrogen) atoms. The molecule has 4 aromatic rings. The maximum atomic E-state index is 12.3. The monoisotopic (exact) mass is 563 g/mol. The summed E-state index contributed by atoms with van der Waals surface area (Å²) in [6.45, 7) is 5.13. The van der Waals surface area contributed by atoms with E-state index in [0.29, 0.717) is 45.8 Å². The molecular formula is C32H33N7O3.